The van der Waals surface area contributed by atoms with Crippen LogP contribution in [0.15, 0.2) is 77.3 Å². The van der Waals surface area contributed by atoms with E-state index in [0.29, 0.717) is 23.8 Å². The monoisotopic (exact) mass is 536 g/mol. The van der Waals surface area contributed by atoms with E-state index in [1.54, 1.807) is 36.4 Å². The van der Waals surface area contributed by atoms with Gasteiger partial charge in [0.15, 0.2) is 6.10 Å². The molecule has 8 heteroatoms. The largest absolute Gasteiger partial charge is 0.496 e. The van der Waals surface area contributed by atoms with Crippen LogP contribution in [0.5, 0.6) is 11.5 Å². The summed E-state index contributed by atoms with van der Waals surface area (Å²) in [4.78, 5) is 34.8. The molecule has 2 amide bonds. The summed E-state index contributed by atoms with van der Waals surface area (Å²) in [6.07, 6.45) is -0.0587. The molecule has 3 aromatic rings. The van der Waals surface area contributed by atoms with Crippen molar-refractivity contribution in [1.82, 2.24) is 0 Å². The molecule has 0 bridgehead atoms. The molecule has 2 aliphatic heterocycles. The second-order valence-electron chi connectivity index (χ2n) is 8.40. The number of hydroxylamine groups is 1. The van der Waals surface area contributed by atoms with E-state index < -0.39 is 18.1 Å². The Labute approximate surface area is 212 Å². The molecule has 3 aromatic carbocycles. The van der Waals surface area contributed by atoms with Gasteiger partial charge in [-0.05, 0) is 61.0 Å². The Bertz CT molecular complexity index is 1230. The zero-order chi connectivity index (χ0) is 24.5. The minimum Gasteiger partial charge on any atom is -0.496 e. The lowest BCUT2D eigenvalue weighted by atomic mass is 9.90. The molecule has 0 aliphatic carbocycles. The number of methoxy groups -OCH3 is 1. The predicted molar refractivity (Wildman–Crippen MR) is 135 cm³/mol. The van der Waals surface area contributed by atoms with E-state index in [1.807, 2.05) is 55.5 Å². The van der Waals surface area contributed by atoms with Gasteiger partial charge in [0.05, 0.1) is 31.1 Å². The molecule has 0 spiro atoms. The van der Waals surface area contributed by atoms with Crippen molar-refractivity contribution in [1.29, 1.82) is 0 Å². The van der Waals surface area contributed by atoms with Crippen molar-refractivity contribution in [3.05, 3.63) is 82.8 Å². The fourth-order valence-electron chi connectivity index (χ4n) is 4.63. The van der Waals surface area contributed by atoms with Crippen molar-refractivity contribution in [2.75, 3.05) is 23.7 Å². The summed E-state index contributed by atoms with van der Waals surface area (Å²) in [6, 6.07) is 21.5. The lowest BCUT2D eigenvalue weighted by Gasteiger charge is -2.29. The first-order chi connectivity index (χ1) is 17.0. The van der Waals surface area contributed by atoms with Crippen molar-refractivity contribution < 1.29 is 23.9 Å². The number of carbonyl (C=O) groups excluding carboxylic acids is 2. The van der Waals surface area contributed by atoms with Crippen LogP contribution in [0.25, 0.3) is 0 Å². The number of hydrogen-bond donors (Lipinski definition) is 0. The maximum Gasteiger partial charge on any atom is 0.266 e. The number of carbonyl (C=O) groups is 2. The highest BCUT2D eigenvalue weighted by atomic mass is 79.9. The summed E-state index contributed by atoms with van der Waals surface area (Å²) in [7, 11) is 1.59. The zero-order valence-corrected chi connectivity index (χ0v) is 21.0. The molecule has 35 heavy (non-hydrogen) atoms. The van der Waals surface area contributed by atoms with Gasteiger partial charge in [-0.2, -0.15) is 0 Å². The number of nitrogens with zero attached hydrogens (tertiary/aromatic N) is 2. The first-order valence-corrected chi connectivity index (χ1v) is 12.3. The summed E-state index contributed by atoms with van der Waals surface area (Å²) in [5, 5.41) is 1.66. The molecule has 2 fully saturated rings. The van der Waals surface area contributed by atoms with Crippen LogP contribution >= 0.6 is 15.9 Å². The van der Waals surface area contributed by atoms with Gasteiger partial charge in [0.25, 0.3) is 5.91 Å². The number of fused-ring (bicyclic) bond motifs is 1. The van der Waals surface area contributed by atoms with Crippen LogP contribution in [0, 0.1) is 5.92 Å². The molecule has 0 saturated carbocycles. The van der Waals surface area contributed by atoms with Gasteiger partial charge in [0.2, 0.25) is 5.91 Å². The van der Waals surface area contributed by atoms with E-state index in [1.165, 1.54) is 4.90 Å². The zero-order valence-electron chi connectivity index (χ0n) is 19.4. The molecule has 2 heterocycles. The molecule has 0 unspecified atom stereocenters. The summed E-state index contributed by atoms with van der Waals surface area (Å²) in [5.41, 5.74) is 2.00. The molecule has 7 nitrogen and oxygen atoms in total. The van der Waals surface area contributed by atoms with E-state index in [4.69, 9.17) is 14.3 Å². The number of imide groups is 1. The van der Waals surface area contributed by atoms with Crippen LogP contribution in [0.2, 0.25) is 0 Å². The first-order valence-electron chi connectivity index (χ1n) is 11.5. The molecule has 2 aliphatic rings. The number of halogens is 1. The number of para-hydroxylation sites is 1. The third kappa shape index (κ3) is 4.17. The summed E-state index contributed by atoms with van der Waals surface area (Å²) < 4.78 is 12.1. The van der Waals surface area contributed by atoms with Crippen LogP contribution in [0.1, 0.15) is 24.9 Å². The fraction of sp³-hybridized carbons (Fsp3) is 0.259. The quantitative estimate of drug-likeness (QED) is 0.382. The number of ether oxygens (including phenoxy) is 2. The highest BCUT2D eigenvalue weighted by Crippen LogP contribution is 2.50. The normalized spacial score (nSPS) is 21.4. The SMILES string of the molecule is CCCOc1ccc(N2C(=O)[C@@H]3[C@H](ON(c4ccccc4)[C@H]3c3cc(Br)ccc3OC)C2=O)cc1. The average molecular weight is 537 g/mol. The lowest BCUT2D eigenvalue weighted by Crippen LogP contribution is -2.37. The van der Waals surface area contributed by atoms with Crippen molar-refractivity contribution in [2.24, 2.45) is 5.92 Å². The van der Waals surface area contributed by atoms with Crippen LogP contribution in [0.4, 0.5) is 11.4 Å². The average Bonchev–Trinajstić information content (AvgIpc) is 3.39. The first kappa shape index (κ1) is 23.4. The molecular formula is C27H25BrN2O5. The third-order valence-electron chi connectivity index (χ3n) is 6.20. The van der Waals surface area contributed by atoms with Crippen LogP contribution in [-0.2, 0) is 14.4 Å². The van der Waals surface area contributed by atoms with Crippen molar-refractivity contribution in [2.45, 2.75) is 25.5 Å². The Kier molecular flexibility index (Phi) is 6.49. The van der Waals surface area contributed by atoms with Crippen molar-refractivity contribution >= 4 is 39.1 Å². The second kappa shape index (κ2) is 9.71. The maximum atomic E-state index is 13.8. The molecule has 0 radical (unpaired) electrons. The molecule has 2 saturated heterocycles. The van der Waals surface area contributed by atoms with E-state index in [-0.39, 0.29) is 11.8 Å². The Hall–Kier alpha value is -3.36. The second-order valence-corrected chi connectivity index (χ2v) is 9.31. The highest BCUT2D eigenvalue weighted by Gasteiger charge is 2.60. The van der Waals surface area contributed by atoms with Crippen LogP contribution < -0.4 is 19.4 Å². The third-order valence-corrected chi connectivity index (χ3v) is 6.70. The van der Waals surface area contributed by atoms with E-state index in [0.717, 1.165) is 22.1 Å². The lowest BCUT2D eigenvalue weighted by molar-refractivity contribution is -0.126. The van der Waals surface area contributed by atoms with E-state index in [9.17, 15) is 9.59 Å². The highest BCUT2D eigenvalue weighted by molar-refractivity contribution is 9.10. The van der Waals surface area contributed by atoms with Crippen molar-refractivity contribution in [3.8, 4) is 11.5 Å². The molecule has 5 rings (SSSR count). The van der Waals surface area contributed by atoms with Gasteiger partial charge in [-0.1, -0.05) is 41.1 Å². The number of rotatable bonds is 7. The predicted octanol–water partition coefficient (Wildman–Crippen LogP) is 5.30. The summed E-state index contributed by atoms with van der Waals surface area (Å²) >= 11 is 3.53. The number of benzene rings is 3. The van der Waals surface area contributed by atoms with Gasteiger partial charge in [0.1, 0.15) is 17.4 Å². The fourth-order valence-corrected chi connectivity index (χ4v) is 5.01. The molecule has 3 atom stereocenters. The number of hydrogen-bond acceptors (Lipinski definition) is 6. The molecule has 0 N–H and O–H groups in total. The van der Waals surface area contributed by atoms with Gasteiger partial charge < -0.3 is 9.47 Å². The Balaban J connectivity index is 1.54. The maximum absolute atomic E-state index is 13.8. The molecule has 180 valence electrons. The van der Waals surface area contributed by atoms with Crippen LogP contribution in [-0.4, -0.2) is 31.6 Å². The van der Waals surface area contributed by atoms with Gasteiger partial charge in [-0.15, -0.1) is 0 Å². The minimum absolute atomic E-state index is 0.312. The summed E-state index contributed by atoms with van der Waals surface area (Å²) in [5.74, 6) is -0.146. The Morgan fingerprint density at radius 2 is 1.69 bits per heavy atom. The standard InChI is InChI=1S/C27H25BrN2O5/c1-3-15-34-20-12-10-18(11-13-20)29-26(31)23-24(21-16-17(28)9-14-22(21)33-2)30(35-25(23)27(29)32)19-7-5-4-6-8-19/h4-14,16,23-25H,3,15H2,1-2H3/t23-,24-,25-/m0/s1. The topological polar surface area (TPSA) is 68.3 Å². The molecule has 0 aromatic heterocycles. The number of amides is 2. The minimum atomic E-state index is -0.951. The van der Waals surface area contributed by atoms with Gasteiger partial charge in [-0.25, -0.2) is 9.96 Å². The summed E-state index contributed by atoms with van der Waals surface area (Å²) in [6.45, 7) is 2.63. The van der Waals surface area contributed by atoms with Crippen molar-refractivity contribution in [3.63, 3.8) is 0 Å². The number of anilines is 2. The van der Waals surface area contributed by atoms with Gasteiger partial charge in [-0.3, -0.25) is 14.4 Å². The Morgan fingerprint density at radius 1 is 0.943 bits per heavy atom. The van der Waals surface area contributed by atoms with Gasteiger partial charge in [0, 0.05) is 10.0 Å². The molecular weight excluding hydrogens is 512 g/mol. The van der Waals surface area contributed by atoms with Gasteiger partial charge >= 0.3 is 0 Å². The Morgan fingerprint density at radius 3 is 2.37 bits per heavy atom. The van der Waals surface area contributed by atoms with Crippen LogP contribution in [0.3, 0.4) is 0 Å². The van der Waals surface area contributed by atoms with E-state index >= 15 is 0 Å². The van der Waals surface area contributed by atoms with E-state index in [2.05, 4.69) is 15.9 Å². The smallest absolute Gasteiger partial charge is 0.266 e.